The van der Waals surface area contributed by atoms with Crippen molar-refractivity contribution in [2.45, 2.75) is 31.5 Å². The second-order valence-electron chi connectivity index (χ2n) is 3.73. The summed E-state index contributed by atoms with van der Waals surface area (Å²) in [5.41, 5.74) is 1.05. The average Bonchev–Trinajstić information content (AvgIpc) is 2.48. The summed E-state index contributed by atoms with van der Waals surface area (Å²) in [5.74, 6) is 0. The first kappa shape index (κ1) is 12.4. The summed E-state index contributed by atoms with van der Waals surface area (Å²) in [4.78, 5) is 2.05. The standard InChI is InChI=1S/C9H18N4OS/c1-4-5-13-8(7-12(2)3)6-9(11-13)15(10)14/h6H,4-5,7,10H2,1-3H3. The average molecular weight is 230 g/mol. The van der Waals surface area contributed by atoms with Crippen LogP contribution in [0.1, 0.15) is 19.0 Å². The Morgan fingerprint density at radius 1 is 1.60 bits per heavy atom. The molecule has 0 saturated heterocycles. The van der Waals surface area contributed by atoms with Crippen LogP contribution in [0.5, 0.6) is 0 Å². The van der Waals surface area contributed by atoms with Gasteiger partial charge in [-0.05, 0) is 26.6 Å². The third-order valence-electron chi connectivity index (χ3n) is 1.96. The molecule has 5 nitrogen and oxygen atoms in total. The lowest BCUT2D eigenvalue weighted by Crippen LogP contribution is -2.15. The van der Waals surface area contributed by atoms with E-state index in [-0.39, 0.29) is 0 Å². The minimum Gasteiger partial charge on any atom is -0.304 e. The zero-order valence-corrected chi connectivity index (χ0v) is 10.3. The Morgan fingerprint density at radius 3 is 2.73 bits per heavy atom. The minimum absolute atomic E-state index is 0.459. The number of nitrogens with zero attached hydrogens (tertiary/aromatic N) is 3. The van der Waals surface area contributed by atoms with Gasteiger partial charge in [-0.2, -0.15) is 5.10 Å². The van der Waals surface area contributed by atoms with Crippen LogP contribution in [0.25, 0.3) is 0 Å². The fourth-order valence-corrected chi connectivity index (χ4v) is 1.82. The Kier molecular flexibility index (Phi) is 4.44. The van der Waals surface area contributed by atoms with Crippen molar-refractivity contribution in [1.82, 2.24) is 14.7 Å². The molecule has 1 unspecified atom stereocenters. The van der Waals surface area contributed by atoms with E-state index in [1.165, 1.54) is 0 Å². The van der Waals surface area contributed by atoms with Gasteiger partial charge in [0.1, 0.15) is 11.0 Å². The van der Waals surface area contributed by atoms with Crippen LogP contribution in [0, 0.1) is 0 Å². The van der Waals surface area contributed by atoms with Crippen LogP contribution in [0.3, 0.4) is 0 Å². The van der Waals surface area contributed by atoms with Crippen LogP contribution in [0.15, 0.2) is 11.1 Å². The highest BCUT2D eigenvalue weighted by Gasteiger charge is 2.10. The first-order valence-corrected chi connectivity index (χ1v) is 6.13. The Balaban J connectivity index is 2.94. The number of hydrogen-bond donors (Lipinski definition) is 1. The highest BCUT2D eigenvalue weighted by Crippen LogP contribution is 2.09. The van der Waals surface area contributed by atoms with Gasteiger partial charge < -0.3 is 4.90 Å². The molecule has 0 spiro atoms. The molecule has 0 radical (unpaired) electrons. The molecular formula is C9H18N4OS. The minimum atomic E-state index is -1.49. The number of hydrogen-bond acceptors (Lipinski definition) is 3. The molecule has 1 rings (SSSR count). The van der Waals surface area contributed by atoms with Gasteiger partial charge in [0.05, 0.1) is 5.69 Å². The predicted molar refractivity (Wildman–Crippen MR) is 60.5 cm³/mol. The first-order valence-electron chi connectivity index (χ1n) is 4.92. The number of aryl methyl sites for hydroxylation is 1. The van der Waals surface area contributed by atoms with Gasteiger partial charge in [-0.3, -0.25) is 4.68 Å². The van der Waals surface area contributed by atoms with E-state index in [1.54, 1.807) is 0 Å². The maximum Gasteiger partial charge on any atom is 0.164 e. The van der Waals surface area contributed by atoms with Gasteiger partial charge in [-0.25, -0.2) is 9.35 Å². The lowest BCUT2D eigenvalue weighted by molar-refractivity contribution is 0.380. The Labute approximate surface area is 92.8 Å². The van der Waals surface area contributed by atoms with Crippen LogP contribution in [0.2, 0.25) is 0 Å². The Morgan fingerprint density at radius 2 is 2.27 bits per heavy atom. The van der Waals surface area contributed by atoms with Gasteiger partial charge in [0.25, 0.3) is 0 Å². The fraction of sp³-hybridized carbons (Fsp3) is 0.667. The SMILES string of the molecule is CCCn1nc(S(N)=O)cc1CN(C)C. The van der Waals surface area contributed by atoms with Crippen molar-refractivity contribution in [3.8, 4) is 0 Å². The molecular weight excluding hydrogens is 212 g/mol. The normalized spacial score (nSPS) is 13.4. The molecule has 2 N–H and O–H groups in total. The van der Waals surface area contributed by atoms with E-state index in [0.717, 1.165) is 25.2 Å². The van der Waals surface area contributed by atoms with Gasteiger partial charge in [-0.1, -0.05) is 6.92 Å². The van der Waals surface area contributed by atoms with E-state index >= 15 is 0 Å². The zero-order valence-electron chi connectivity index (χ0n) is 9.43. The van der Waals surface area contributed by atoms with Gasteiger partial charge in [0, 0.05) is 13.1 Å². The van der Waals surface area contributed by atoms with Crippen molar-refractivity contribution in [1.29, 1.82) is 0 Å². The topological polar surface area (TPSA) is 64.2 Å². The van der Waals surface area contributed by atoms with Crippen LogP contribution in [0.4, 0.5) is 0 Å². The fourth-order valence-electron chi connectivity index (χ4n) is 1.38. The zero-order chi connectivity index (χ0) is 11.4. The summed E-state index contributed by atoms with van der Waals surface area (Å²) >= 11 is 0. The monoisotopic (exact) mass is 230 g/mol. The molecule has 1 atom stereocenters. The molecule has 0 fully saturated rings. The molecule has 1 aromatic rings. The number of rotatable bonds is 5. The van der Waals surface area contributed by atoms with E-state index in [1.807, 2.05) is 29.7 Å². The van der Waals surface area contributed by atoms with Crippen molar-refractivity contribution in [3.05, 3.63) is 11.8 Å². The largest absolute Gasteiger partial charge is 0.304 e. The second-order valence-corrected chi connectivity index (χ2v) is 4.75. The Bertz CT molecular complexity index is 348. The molecule has 6 heteroatoms. The van der Waals surface area contributed by atoms with Crippen molar-refractivity contribution < 1.29 is 4.21 Å². The van der Waals surface area contributed by atoms with Gasteiger partial charge in [0.2, 0.25) is 0 Å². The van der Waals surface area contributed by atoms with E-state index in [2.05, 4.69) is 12.0 Å². The maximum absolute atomic E-state index is 11.1. The summed E-state index contributed by atoms with van der Waals surface area (Å²) in [6, 6.07) is 1.81. The Hall–Kier alpha value is -0.720. The molecule has 0 amide bonds. The molecule has 0 aliphatic carbocycles. The second kappa shape index (κ2) is 5.39. The van der Waals surface area contributed by atoms with E-state index in [4.69, 9.17) is 5.14 Å². The molecule has 1 heterocycles. The van der Waals surface area contributed by atoms with E-state index in [0.29, 0.717) is 5.03 Å². The third kappa shape index (κ3) is 3.40. The number of aromatic nitrogens is 2. The smallest absolute Gasteiger partial charge is 0.164 e. The van der Waals surface area contributed by atoms with Gasteiger partial charge in [-0.15, -0.1) is 0 Å². The van der Waals surface area contributed by atoms with Crippen LogP contribution in [-0.2, 0) is 24.1 Å². The molecule has 0 bridgehead atoms. The van der Waals surface area contributed by atoms with Crippen LogP contribution in [-0.4, -0.2) is 33.0 Å². The molecule has 0 aromatic carbocycles. The highest BCUT2D eigenvalue weighted by atomic mass is 32.2. The number of nitrogens with two attached hydrogens (primary N) is 1. The molecule has 1 aromatic heterocycles. The molecule has 0 saturated carbocycles. The summed E-state index contributed by atoms with van der Waals surface area (Å²) in [5, 5.41) is 9.98. The summed E-state index contributed by atoms with van der Waals surface area (Å²) < 4.78 is 13.0. The quantitative estimate of drug-likeness (QED) is 0.793. The van der Waals surface area contributed by atoms with Crippen LogP contribution < -0.4 is 5.14 Å². The molecule has 0 aliphatic rings. The van der Waals surface area contributed by atoms with Gasteiger partial charge >= 0.3 is 0 Å². The van der Waals surface area contributed by atoms with E-state index < -0.39 is 11.0 Å². The predicted octanol–water partition coefficient (Wildman–Crippen LogP) is 0.336. The summed E-state index contributed by atoms with van der Waals surface area (Å²) in [6.45, 7) is 3.70. The molecule has 86 valence electrons. The van der Waals surface area contributed by atoms with Crippen molar-refractivity contribution in [2.75, 3.05) is 14.1 Å². The lowest BCUT2D eigenvalue weighted by atomic mass is 10.4. The van der Waals surface area contributed by atoms with Crippen molar-refractivity contribution in [2.24, 2.45) is 5.14 Å². The third-order valence-corrected chi connectivity index (χ3v) is 2.57. The summed E-state index contributed by atoms with van der Waals surface area (Å²) in [7, 11) is 2.49. The van der Waals surface area contributed by atoms with Crippen LogP contribution >= 0.6 is 0 Å². The van der Waals surface area contributed by atoms with Crippen molar-refractivity contribution >= 4 is 11.0 Å². The van der Waals surface area contributed by atoms with Gasteiger partial charge in [0.15, 0.2) is 5.03 Å². The first-order chi connectivity index (χ1) is 7.04. The highest BCUT2D eigenvalue weighted by molar-refractivity contribution is 7.82. The van der Waals surface area contributed by atoms with Crippen molar-refractivity contribution in [3.63, 3.8) is 0 Å². The molecule has 0 aliphatic heterocycles. The van der Waals surface area contributed by atoms with E-state index in [9.17, 15) is 4.21 Å². The molecule has 15 heavy (non-hydrogen) atoms. The lowest BCUT2D eigenvalue weighted by Gasteiger charge is -2.10. The summed E-state index contributed by atoms with van der Waals surface area (Å²) in [6.07, 6.45) is 0.999. The maximum atomic E-state index is 11.1.